The van der Waals surface area contributed by atoms with E-state index in [-0.39, 0.29) is 5.91 Å². The lowest BCUT2D eigenvalue weighted by molar-refractivity contribution is 0.0932. The number of hydrogen-bond donors (Lipinski definition) is 2. The van der Waals surface area contributed by atoms with Gasteiger partial charge in [-0.25, -0.2) is 0 Å². The molecule has 0 spiro atoms. The van der Waals surface area contributed by atoms with E-state index in [0.29, 0.717) is 28.7 Å². The highest BCUT2D eigenvalue weighted by molar-refractivity contribution is 5.95. The van der Waals surface area contributed by atoms with Crippen LogP contribution < -0.4 is 10.1 Å². The number of carbonyl (C=O) groups excluding carboxylic acids is 1. The van der Waals surface area contributed by atoms with Crippen molar-refractivity contribution >= 4 is 5.91 Å². The highest BCUT2D eigenvalue weighted by Gasteiger charge is 2.19. The molecule has 0 radical (unpaired) electrons. The first-order valence-corrected chi connectivity index (χ1v) is 7.37. The second-order valence-electron chi connectivity index (χ2n) is 5.29. The molecule has 124 valence electrons. The molecule has 2 N–H and O–H groups in total. The number of nitrogens with zero attached hydrogens (tertiary/aromatic N) is 3. The smallest absolute Gasteiger partial charge is 0.255 e. The molecule has 8 heteroatoms. The lowest BCUT2D eigenvalue weighted by atomic mass is 10.2. The number of aromatic nitrogens is 4. The van der Waals surface area contributed by atoms with Crippen molar-refractivity contribution < 1.29 is 14.1 Å². The number of H-pyrrole nitrogens is 1. The van der Waals surface area contributed by atoms with Crippen LogP contribution in [0.2, 0.25) is 0 Å². The molecule has 1 atom stereocenters. The molecule has 2 heterocycles. The van der Waals surface area contributed by atoms with Gasteiger partial charge in [0.05, 0.1) is 18.9 Å². The number of methoxy groups -OCH3 is 1. The molecule has 3 aromatic rings. The van der Waals surface area contributed by atoms with Crippen molar-refractivity contribution in [3.8, 4) is 17.1 Å². The first-order chi connectivity index (χ1) is 11.6. The van der Waals surface area contributed by atoms with Crippen molar-refractivity contribution in [1.29, 1.82) is 0 Å². The second kappa shape index (κ2) is 6.53. The van der Waals surface area contributed by atoms with Crippen LogP contribution in [0.5, 0.6) is 5.75 Å². The Hall–Kier alpha value is -3.16. The Morgan fingerprint density at radius 3 is 2.96 bits per heavy atom. The van der Waals surface area contributed by atoms with E-state index in [1.807, 2.05) is 24.3 Å². The predicted octanol–water partition coefficient (Wildman–Crippen LogP) is 2.27. The van der Waals surface area contributed by atoms with Crippen LogP contribution in [0.25, 0.3) is 11.4 Å². The number of ether oxygens (including phenoxy) is 1. The molecule has 0 aliphatic heterocycles. The minimum Gasteiger partial charge on any atom is -0.497 e. The van der Waals surface area contributed by atoms with Gasteiger partial charge in [0.1, 0.15) is 11.8 Å². The molecular formula is C16H17N5O3. The van der Waals surface area contributed by atoms with E-state index < -0.39 is 6.04 Å². The van der Waals surface area contributed by atoms with Gasteiger partial charge in [-0.2, -0.15) is 10.1 Å². The molecule has 0 bridgehead atoms. The Kier molecular flexibility index (Phi) is 4.28. The largest absolute Gasteiger partial charge is 0.497 e. The van der Waals surface area contributed by atoms with E-state index in [9.17, 15) is 4.79 Å². The zero-order valence-corrected chi connectivity index (χ0v) is 13.5. The van der Waals surface area contributed by atoms with Gasteiger partial charge in [0.15, 0.2) is 0 Å². The van der Waals surface area contributed by atoms with Gasteiger partial charge in [-0.15, -0.1) is 0 Å². The van der Waals surface area contributed by atoms with Gasteiger partial charge in [-0.3, -0.25) is 9.89 Å². The molecular weight excluding hydrogens is 310 g/mol. The lowest BCUT2D eigenvalue weighted by Gasteiger charge is -2.08. The normalized spacial score (nSPS) is 12.0. The summed E-state index contributed by atoms with van der Waals surface area (Å²) >= 11 is 0. The summed E-state index contributed by atoms with van der Waals surface area (Å²) in [6, 6.07) is 6.92. The van der Waals surface area contributed by atoms with Crippen LogP contribution in [0.4, 0.5) is 0 Å². The number of aromatic amines is 1. The van der Waals surface area contributed by atoms with Crippen molar-refractivity contribution in [3.05, 3.63) is 47.6 Å². The van der Waals surface area contributed by atoms with Crippen molar-refractivity contribution in [2.75, 3.05) is 7.11 Å². The van der Waals surface area contributed by atoms with E-state index in [2.05, 4.69) is 25.7 Å². The maximum absolute atomic E-state index is 12.2. The Labute approximate surface area is 138 Å². The molecule has 0 aliphatic rings. The summed E-state index contributed by atoms with van der Waals surface area (Å²) in [4.78, 5) is 16.5. The Morgan fingerprint density at radius 2 is 2.25 bits per heavy atom. The molecule has 0 saturated heterocycles. The summed E-state index contributed by atoms with van der Waals surface area (Å²) in [6.45, 7) is 3.55. The molecule has 1 amide bonds. The Bertz CT molecular complexity index is 855. The first kappa shape index (κ1) is 15.7. The molecule has 3 rings (SSSR count). The quantitative estimate of drug-likeness (QED) is 0.744. The first-order valence-electron chi connectivity index (χ1n) is 7.37. The average Bonchev–Trinajstić information content (AvgIpc) is 3.24. The van der Waals surface area contributed by atoms with Gasteiger partial charge >= 0.3 is 0 Å². The summed E-state index contributed by atoms with van der Waals surface area (Å²) in [5.74, 6) is 1.21. The third kappa shape index (κ3) is 3.12. The standard InChI is InChI=1S/C16H17N5O3/c1-9-13(8-17-20-9)15(22)18-10(2)16-19-14(21-24-16)11-5-4-6-12(7-11)23-3/h4-8,10H,1-3H3,(H,17,20)(H,18,22)/t10-/m1/s1. The molecule has 0 saturated carbocycles. The second-order valence-corrected chi connectivity index (χ2v) is 5.29. The summed E-state index contributed by atoms with van der Waals surface area (Å²) < 4.78 is 10.4. The van der Waals surface area contributed by atoms with E-state index in [4.69, 9.17) is 9.26 Å². The fourth-order valence-corrected chi connectivity index (χ4v) is 2.21. The number of hydrogen-bond acceptors (Lipinski definition) is 6. The number of rotatable bonds is 5. The lowest BCUT2D eigenvalue weighted by Crippen LogP contribution is -2.27. The SMILES string of the molecule is COc1cccc(-c2noc([C@@H](C)NC(=O)c3cn[nH]c3C)n2)c1. The van der Waals surface area contributed by atoms with Crippen molar-refractivity contribution in [2.24, 2.45) is 0 Å². The fraction of sp³-hybridized carbons (Fsp3) is 0.250. The van der Waals surface area contributed by atoms with Crippen LogP contribution in [-0.4, -0.2) is 33.4 Å². The van der Waals surface area contributed by atoms with Crippen molar-refractivity contribution in [1.82, 2.24) is 25.7 Å². The fourth-order valence-electron chi connectivity index (χ4n) is 2.21. The van der Waals surface area contributed by atoms with Crippen LogP contribution in [-0.2, 0) is 0 Å². The highest BCUT2D eigenvalue weighted by Crippen LogP contribution is 2.22. The van der Waals surface area contributed by atoms with Crippen LogP contribution >= 0.6 is 0 Å². The molecule has 8 nitrogen and oxygen atoms in total. The molecule has 0 fully saturated rings. The van der Waals surface area contributed by atoms with E-state index in [1.54, 1.807) is 21.0 Å². The zero-order chi connectivity index (χ0) is 17.1. The van der Waals surface area contributed by atoms with Gasteiger partial charge in [0.25, 0.3) is 5.91 Å². The molecule has 2 aromatic heterocycles. The van der Waals surface area contributed by atoms with Gasteiger partial charge in [0.2, 0.25) is 11.7 Å². The van der Waals surface area contributed by atoms with Crippen molar-refractivity contribution in [2.45, 2.75) is 19.9 Å². The van der Waals surface area contributed by atoms with Gasteiger partial charge in [0, 0.05) is 11.3 Å². The van der Waals surface area contributed by atoms with Gasteiger partial charge in [-0.1, -0.05) is 17.3 Å². The topological polar surface area (TPSA) is 106 Å². The average molecular weight is 327 g/mol. The summed E-state index contributed by atoms with van der Waals surface area (Å²) in [5.41, 5.74) is 1.95. The monoisotopic (exact) mass is 327 g/mol. The third-order valence-electron chi connectivity index (χ3n) is 3.56. The number of amides is 1. The minimum absolute atomic E-state index is 0.255. The maximum Gasteiger partial charge on any atom is 0.255 e. The number of carbonyl (C=O) groups is 1. The molecule has 24 heavy (non-hydrogen) atoms. The summed E-state index contributed by atoms with van der Waals surface area (Å²) in [7, 11) is 1.59. The van der Waals surface area contributed by atoms with Gasteiger partial charge < -0.3 is 14.6 Å². The number of aryl methyl sites for hydroxylation is 1. The Morgan fingerprint density at radius 1 is 1.42 bits per heavy atom. The zero-order valence-electron chi connectivity index (χ0n) is 13.5. The van der Waals surface area contributed by atoms with Crippen LogP contribution in [0, 0.1) is 6.92 Å². The molecule has 0 unspecified atom stereocenters. The van der Waals surface area contributed by atoms with Crippen LogP contribution in [0.3, 0.4) is 0 Å². The summed E-state index contributed by atoms with van der Waals surface area (Å²) in [5, 5.41) is 13.3. The van der Waals surface area contributed by atoms with E-state index in [1.165, 1.54) is 6.20 Å². The molecule has 0 aliphatic carbocycles. The Balaban J connectivity index is 1.75. The maximum atomic E-state index is 12.2. The van der Waals surface area contributed by atoms with Crippen LogP contribution in [0.15, 0.2) is 35.0 Å². The predicted molar refractivity (Wildman–Crippen MR) is 85.5 cm³/mol. The van der Waals surface area contributed by atoms with Crippen LogP contribution in [0.1, 0.15) is 34.9 Å². The van der Waals surface area contributed by atoms with Gasteiger partial charge in [-0.05, 0) is 26.0 Å². The third-order valence-corrected chi connectivity index (χ3v) is 3.56. The van der Waals surface area contributed by atoms with Crippen molar-refractivity contribution in [3.63, 3.8) is 0 Å². The van der Waals surface area contributed by atoms with E-state index in [0.717, 1.165) is 5.56 Å². The summed E-state index contributed by atoms with van der Waals surface area (Å²) in [6.07, 6.45) is 1.48. The highest BCUT2D eigenvalue weighted by atomic mass is 16.5. The number of nitrogens with one attached hydrogen (secondary N) is 2. The molecule has 1 aromatic carbocycles. The minimum atomic E-state index is -0.432. The number of benzene rings is 1. The van der Waals surface area contributed by atoms with E-state index >= 15 is 0 Å².